The minimum Gasteiger partial charge on any atom is -0.507 e. The highest BCUT2D eigenvalue weighted by molar-refractivity contribution is 5.45. The first-order valence-electron chi connectivity index (χ1n) is 4.39. The summed E-state index contributed by atoms with van der Waals surface area (Å²) in [6.45, 7) is 0.369. The van der Waals surface area contributed by atoms with Gasteiger partial charge >= 0.3 is 0 Å². The van der Waals surface area contributed by atoms with E-state index in [0.717, 1.165) is 0 Å². The van der Waals surface area contributed by atoms with Crippen molar-refractivity contribution in [3.05, 3.63) is 23.8 Å². The lowest BCUT2D eigenvalue weighted by molar-refractivity contribution is 0.169. The molecule has 3 N–H and O–H groups in total. The fraction of sp³-hybridized carbons (Fsp3) is 0.400. The SMILES string of the molecule is CNCC(O)c1c(O)cccc1OC. The fourth-order valence-corrected chi connectivity index (χ4v) is 1.34. The van der Waals surface area contributed by atoms with Crippen LogP contribution in [0.15, 0.2) is 18.2 Å². The number of aliphatic hydroxyl groups is 1. The minimum atomic E-state index is -0.767. The van der Waals surface area contributed by atoms with Gasteiger partial charge in [0.15, 0.2) is 0 Å². The first-order valence-corrected chi connectivity index (χ1v) is 4.39. The number of ether oxygens (including phenoxy) is 1. The number of phenols is 1. The molecule has 0 saturated heterocycles. The minimum absolute atomic E-state index is 0.0482. The van der Waals surface area contributed by atoms with E-state index in [1.54, 1.807) is 19.2 Å². The Kier molecular flexibility index (Phi) is 3.73. The number of aliphatic hydroxyl groups excluding tert-OH is 1. The molecule has 0 heterocycles. The summed E-state index contributed by atoms with van der Waals surface area (Å²) >= 11 is 0. The van der Waals surface area contributed by atoms with Crippen molar-refractivity contribution < 1.29 is 14.9 Å². The van der Waals surface area contributed by atoms with Crippen LogP contribution in [-0.2, 0) is 0 Å². The normalized spacial score (nSPS) is 12.5. The molecule has 0 aromatic heterocycles. The molecule has 0 fully saturated rings. The van der Waals surface area contributed by atoms with Gasteiger partial charge in [0.05, 0.1) is 18.8 Å². The summed E-state index contributed by atoms with van der Waals surface area (Å²) in [5.41, 5.74) is 0.421. The van der Waals surface area contributed by atoms with Gasteiger partial charge in [-0.2, -0.15) is 0 Å². The third-order valence-corrected chi connectivity index (χ3v) is 1.99. The van der Waals surface area contributed by atoms with Crippen molar-refractivity contribution in [2.45, 2.75) is 6.10 Å². The highest BCUT2D eigenvalue weighted by Gasteiger charge is 2.16. The zero-order chi connectivity index (χ0) is 10.6. The molecule has 0 aliphatic rings. The number of nitrogens with one attached hydrogen (secondary N) is 1. The summed E-state index contributed by atoms with van der Waals surface area (Å²) in [7, 11) is 3.24. The van der Waals surface area contributed by atoms with Gasteiger partial charge in [-0.15, -0.1) is 0 Å². The van der Waals surface area contributed by atoms with E-state index < -0.39 is 6.10 Å². The van der Waals surface area contributed by atoms with Gasteiger partial charge in [0.2, 0.25) is 0 Å². The molecule has 78 valence electrons. The van der Waals surface area contributed by atoms with Gasteiger partial charge in [0, 0.05) is 6.54 Å². The van der Waals surface area contributed by atoms with E-state index in [1.165, 1.54) is 13.2 Å². The van der Waals surface area contributed by atoms with Crippen LogP contribution in [0.1, 0.15) is 11.7 Å². The molecule has 0 bridgehead atoms. The van der Waals surface area contributed by atoms with Gasteiger partial charge in [-0.3, -0.25) is 0 Å². The highest BCUT2D eigenvalue weighted by Crippen LogP contribution is 2.32. The lowest BCUT2D eigenvalue weighted by Crippen LogP contribution is -2.17. The molecule has 1 unspecified atom stereocenters. The Labute approximate surface area is 83.1 Å². The maximum atomic E-state index is 9.71. The van der Waals surface area contributed by atoms with Crippen LogP contribution in [0.25, 0.3) is 0 Å². The predicted octanol–water partition coefficient (Wildman–Crippen LogP) is 0.654. The quantitative estimate of drug-likeness (QED) is 0.663. The van der Waals surface area contributed by atoms with Crippen LogP contribution < -0.4 is 10.1 Å². The van der Waals surface area contributed by atoms with Crippen molar-refractivity contribution in [3.63, 3.8) is 0 Å². The first kappa shape index (κ1) is 10.8. The lowest BCUT2D eigenvalue weighted by atomic mass is 10.1. The standard InChI is InChI=1S/C10H15NO3/c1-11-6-8(13)10-7(12)4-3-5-9(10)14-2/h3-5,8,11-13H,6H2,1-2H3. The van der Waals surface area contributed by atoms with Crippen LogP contribution in [-0.4, -0.2) is 30.9 Å². The van der Waals surface area contributed by atoms with Gasteiger partial charge < -0.3 is 20.3 Å². The monoisotopic (exact) mass is 197 g/mol. The van der Waals surface area contributed by atoms with E-state index >= 15 is 0 Å². The van der Waals surface area contributed by atoms with Crippen LogP contribution in [0.5, 0.6) is 11.5 Å². The molecular formula is C10H15NO3. The van der Waals surface area contributed by atoms with E-state index in [1.807, 2.05) is 0 Å². The Balaban J connectivity index is 3.03. The van der Waals surface area contributed by atoms with Crippen molar-refractivity contribution in [1.29, 1.82) is 0 Å². The van der Waals surface area contributed by atoms with Crippen LogP contribution in [0.3, 0.4) is 0 Å². The van der Waals surface area contributed by atoms with Crippen molar-refractivity contribution in [1.82, 2.24) is 5.32 Å². The van der Waals surface area contributed by atoms with E-state index in [2.05, 4.69) is 5.32 Å². The molecule has 1 aromatic carbocycles. The smallest absolute Gasteiger partial charge is 0.128 e. The van der Waals surface area contributed by atoms with Crippen LogP contribution in [0.2, 0.25) is 0 Å². The number of methoxy groups -OCH3 is 1. The molecule has 1 rings (SSSR count). The number of benzene rings is 1. The molecular weight excluding hydrogens is 182 g/mol. The number of hydrogen-bond donors (Lipinski definition) is 3. The lowest BCUT2D eigenvalue weighted by Gasteiger charge is -2.15. The van der Waals surface area contributed by atoms with Crippen LogP contribution in [0.4, 0.5) is 0 Å². The molecule has 0 spiro atoms. The topological polar surface area (TPSA) is 61.7 Å². The van der Waals surface area contributed by atoms with Gasteiger partial charge in [-0.25, -0.2) is 0 Å². The number of likely N-dealkylation sites (N-methyl/N-ethyl adjacent to an activating group) is 1. The second-order valence-corrected chi connectivity index (χ2v) is 2.97. The van der Waals surface area contributed by atoms with Crippen LogP contribution in [0, 0.1) is 0 Å². The Morgan fingerprint density at radius 2 is 2.21 bits per heavy atom. The van der Waals surface area contributed by atoms with Crippen molar-refractivity contribution in [3.8, 4) is 11.5 Å². The molecule has 1 aromatic rings. The molecule has 0 aliphatic carbocycles. The van der Waals surface area contributed by atoms with E-state index in [-0.39, 0.29) is 5.75 Å². The summed E-state index contributed by atoms with van der Waals surface area (Å²) < 4.78 is 5.05. The third-order valence-electron chi connectivity index (χ3n) is 1.99. The second kappa shape index (κ2) is 4.83. The number of aromatic hydroxyl groups is 1. The van der Waals surface area contributed by atoms with Crippen molar-refractivity contribution >= 4 is 0 Å². The molecule has 4 nitrogen and oxygen atoms in total. The largest absolute Gasteiger partial charge is 0.507 e. The third kappa shape index (κ3) is 2.16. The highest BCUT2D eigenvalue weighted by atomic mass is 16.5. The van der Waals surface area contributed by atoms with Crippen LogP contribution >= 0.6 is 0 Å². The summed E-state index contributed by atoms with van der Waals surface area (Å²) in [6, 6.07) is 4.90. The maximum absolute atomic E-state index is 9.71. The van der Waals surface area contributed by atoms with E-state index in [4.69, 9.17) is 4.74 Å². The molecule has 0 radical (unpaired) electrons. The maximum Gasteiger partial charge on any atom is 0.128 e. The van der Waals surface area contributed by atoms with Gasteiger partial charge in [-0.05, 0) is 19.2 Å². The summed E-state index contributed by atoms with van der Waals surface area (Å²) in [5, 5.41) is 22.1. The zero-order valence-corrected chi connectivity index (χ0v) is 8.32. The Morgan fingerprint density at radius 3 is 2.79 bits per heavy atom. The Hall–Kier alpha value is -1.26. The number of phenolic OH excluding ortho intramolecular Hbond substituents is 1. The number of rotatable bonds is 4. The molecule has 4 heteroatoms. The zero-order valence-electron chi connectivity index (χ0n) is 8.32. The molecule has 14 heavy (non-hydrogen) atoms. The average Bonchev–Trinajstić information content (AvgIpc) is 2.17. The predicted molar refractivity (Wildman–Crippen MR) is 53.5 cm³/mol. The molecule has 0 saturated carbocycles. The van der Waals surface area contributed by atoms with Crippen molar-refractivity contribution in [2.75, 3.05) is 20.7 Å². The first-order chi connectivity index (χ1) is 6.70. The number of hydrogen-bond acceptors (Lipinski definition) is 4. The van der Waals surface area contributed by atoms with Gasteiger partial charge in [-0.1, -0.05) is 6.07 Å². The molecule has 1 atom stereocenters. The second-order valence-electron chi connectivity index (χ2n) is 2.97. The van der Waals surface area contributed by atoms with Gasteiger partial charge in [0.25, 0.3) is 0 Å². The van der Waals surface area contributed by atoms with Crippen molar-refractivity contribution in [2.24, 2.45) is 0 Å². The molecule has 0 amide bonds. The Bertz CT molecular complexity index is 301. The van der Waals surface area contributed by atoms with Gasteiger partial charge in [0.1, 0.15) is 11.5 Å². The summed E-state index contributed by atoms with van der Waals surface area (Å²) in [6.07, 6.45) is -0.767. The average molecular weight is 197 g/mol. The summed E-state index contributed by atoms with van der Waals surface area (Å²) in [5.74, 6) is 0.542. The summed E-state index contributed by atoms with van der Waals surface area (Å²) in [4.78, 5) is 0. The van der Waals surface area contributed by atoms with E-state index in [0.29, 0.717) is 17.9 Å². The Morgan fingerprint density at radius 1 is 1.50 bits per heavy atom. The molecule has 0 aliphatic heterocycles. The fourth-order valence-electron chi connectivity index (χ4n) is 1.34. The van der Waals surface area contributed by atoms with E-state index in [9.17, 15) is 10.2 Å².